The summed E-state index contributed by atoms with van der Waals surface area (Å²) in [7, 11) is 1.38. The molecule has 0 aliphatic heterocycles. The largest absolute Gasteiger partial charge is 0.465 e. The Morgan fingerprint density at radius 1 is 0.697 bits per heavy atom. The van der Waals surface area contributed by atoms with E-state index in [9.17, 15) is 4.79 Å². The number of methoxy groups -OCH3 is 1. The van der Waals surface area contributed by atoms with Crippen molar-refractivity contribution < 1.29 is 9.53 Å². The molecule has 4 aromatic rings. The Morgan fingerprint density at radius 2 is 1.24 bits per heavy atom. The molecule has 0 radical (unpaired) electrons. The highest BCUT2D eigenvalue weighted by Crippen LogP contribution is 2.30. The van der Waals surface area contributed by atoms with Crippen molar-refractivity contribution >= 4 is 28.7 Å². The van der Waals surface area contributed by atoms with Crippen LogP contribution in [0.4, 0.5) is 22.7 Å². The number of hydrogen-bond donors (Lipinski definition) is 2. The smallest absolute Gasteiger partial charge is 0.339 e. The van der Waals surface area contributed by atoms with Crippen molar-refractivity contribution in [3.05, 3.63) is 108 Å². The average Bonchev–Trinajstić information content (AvgIpc) is 2.85. The number of carbonyl (C=O) groups is 1. The summed E-state index contributed by atoms with van der Waals surface area (Å²) in [5.41, 5.74) is 7.96. The van der Waals surface area contributed by atoms with Crippen LogP contribution in [0.2, 0.25) is 0 Å². The Bertz CT molecular complexity index is 1230. The SMILES string of the molecule is COC(=O)c1ccccc1Nc1ccc(Nc2ccc(-c3ccccc3C(C)C)cc2)cc1. The van der Waals surface area contributed by atoms with E-state index in [1.807, 2.05) is 42.5 Å². The van der Waals surface area contributed by atoms with Gasteiger partial charge in [-0.1, -0.05) is 62.4 Å². The number of esters is 1. The van der Waals surface area contributed by atoms with Crippen LogP contribution in [-0.2, 0) is 4.74 Å². The fraction of sp³-hybridized carbons (Fsp3) is 0.138. The molecule has 0 aliphatic carbocycles. The maximum atomic E-state index is 12.0. The van der Waals surface area contributed by atoms with Crippen molar-refractivity contribution in [1.29, 1.82) is 0 Å². The van der Waals surface area contributed by atoms with Gasteiger partial charge in [-0.05, 0) is 71.1 Å². The highest BCUT2D eigenvalue weighted by molar-refractivity contribution is 5.96. The monoisotopic (exact) mass is 436 g/mol. The molecule has 0 unspecified atom stereocenters. The summed E-state index contributed by atoms with van der Waals surface area (Å²) in [6.45, 7) is 4.45. The van der Waals surface area contributed by atoms with Gasteiger partial charge in [0.2, 0.25) is 0 Å². The molecule has 0 aliphatic rings. The Morgan fingerprint density at radius 3 is 1.88 bits per heavy atom. The Hall–Kier alpha value is -4.05. The van der Waals surface area contributed by atoms with Gasteiger partial charge in [0, 0.05) is 17.1 Å². The molecule has 33 heavy (non-hydrogen) atoms. The third kappa shape index (κ3) is 5.24. The third-order valence-electron chi connectivity index (χ3n) is 5.56. The van der Waals surface area contributed by atoms with Crippen LogP contribution in [0.1, 0.15) is 35.7 Å². The predicted octanol–water partition coefficient (Wildman–Crippen LogP) is 7.75. The fourth-order valence-electron chi connectivity index (χ4n) is 3.84. The zero-order valence-corrected chi connectivity index (χ0v) is 19.1. The summed E-state index contributed by atoms with van der Waals surface area (Å²) in [5.74, 6) is 0.113. The third-order valence-corrected chi connectivity index (χ3v) is 5.56. The Balaban J connectivity index is 1.46. The standard InChI is InChI=1S/C29H28N2O2/c1-20(2)25-8-4-5-9-26(25)21-12-14-22(15-13-21)30-23-16-18-24(19-17-23)31-28-11-7-6-10-27(28)29(32)33-3/h4-20,30-31H,1-3H3. The highest BCUT2D eigenvalue weighted by Gasteiger charge is 2.11. The minimum atomic E-state index is -0.365. The molecule has 4 heteroatoms. The zero-order chi connectivity index (χ0) is 23.2. The number of anilines is 4. The minimum Gasteiger partial charge on any atom is -0.465 e. The van der Waals surface area contributed by atoms with E-state index in [0.29, 0.717) is 17.2 Å². The molecule has 0 amide bonds. The van der Waals surface area contributed by atoms with Gasteiger partial charge in [-0.3, -0.25) is 0 Å². The van der Waals surface area contributed by atoms with Crippen molar-refractivity contribution in [2.24, 2.45) is 0 Å². The van der Waals surface area contributed by atoms with Crippen LogP contribution in [0.15, 0.2) is 97.1 Å². The van der Waals surface area contributed by atoms with E-state index < -0.39 is 0 Å². The number of rotatable bonds is 7. The van der Waals surface area contributed by atoms with Crippen molar-refractivity contribution in [3.8, 4) is 11.1 Å². The molecule has 4 rings (SSSR count). The number of nitrogens with one attached hydrogen (secondary N) is 2. The van der Waals surface area contributed by atoms with Crippen LogP contribution in [0.3, 0.4) is 0 Å². The van der Waals surface area contributed by atoms with Gasteiger partial charge in [-0.2, -0.15) is 0 Å². The summed E-state index contributed by atoms with van der Waals surface area (Å²) in [5, 5.41) is 6.74. The molecule has 0 saturated heterocycles. The van der Waals surface area contributed by atoms with Gasteiger partial charge in [0.05, 0.1) is 18.4 Å². The van der Waals surface area contributed by atoms with Crippen LogP contribution < -0.4 is 10.6 Å². The van der Waals surface area contributed by atoms with Gasteiger partial charge < -0.3 is 15.4 Å². The normalized spacial score (nSPS) is 10.7. The molecule has 0 saturated carbocycles. The van der Waals surface area contributed by atoms with Gasteiger partial charge in [-0.15, -0.1) is 0 Å². The lowest BCUT2D eigenvalue weighted by Gasteiger charge is -2.14. The first-order valence-corrected chi connectivity index (χ1v) is 11.1. The van der Waals surface area contributed by atoms with E-state index >= 15 is 0 Å². The number of carbonyl (C=O) groups excluding carboxylic acids is 1. The maximum Gasteiger partial charge on any atom is 0.339 e. The molecule has 0 bridgehead atoms. The second-order valence-corrected chi connectivity index (χ2v) is 8.18. The zero-order valence-electron chi connectivity index (χ0n) is 19.1. The van der Waals surface area contributed by atoms with Crippen LogP contribution in [0.5, 0.6) is 0 Å². The van der Waals surface area contributed by atoms with E-state index in [2.05, 4.69) is 73.0 Å². The summed E-state index contributed by atoms with van der Waals surface area (Å²) in [4.78, 5) is 12.0. The molecule has 0 spiro atoms. The second kappa shape index (κ2) is 10.0. The number of ether oxygens (including phenoxy) is 1. The van der Waals surface area contributed by atoms with E-state index in [0.717, 1.165) is 17.1 Å². The van der Waals surface area contributed by atoms with Crippen LogP contribution in [-0.4, -0.2) is 13.1 Å². The molecular weight excluding hydrogens is 408 g/mol. The van der Waals surface area contributed by atoms with Gasteiger partial charge in [0.15, 0.2) is 0 Å². The molecule has 2 N–H and O–H groups in total. The summed E-state index contributed by atoms with van der Waals surface area (Å²) >= 11 is 0. The van der Waals surface area contributed by atoms with Crippen LogP contribution >= 0.6 is 0 Å². The number of hydrogen-bond acceptors (Lipinski definition) is 4. The van der Waals surface area contributed by atoms with E-state index in [1.54, 1.807) is 6.07 Å². The first-order valence-electron chi connectivity index (χ1n) is 11.1. The lowest BCUT2D eigenvalue weighted by atomic mass is 9.92. The molecule has 4 nitrogen and oxygen atoms in total. The van der Waals surface area contributed by atoms with Gasteiger partial charge in [-0.25, -0.2) is 4.79 Å². The van der Waals surface area contributed by atoms with Crippen molar-refractivity contribution in [1.82, 2.24) is 0 Å². The summed E-state index contributed by atoms with van der Waals surface area (Å²) in [6, 6.07) is 32.4. The van der Waals surface area contributed by atoms with Gasteiger partial charge in [0.1, 0.15) is 0 Å². The minimum absolute atomic E-state index is 0.365. The lowest BCUT2D eigenvalue weighted by Crippen LogP contribution is -2.05. The first kappa shape index (κ1) is 22.2. The molecule has 166 valence electrons. The highest BCUT2D eigenvalue weighted by atomic mass is 16.5. The topological polar surface area (TPSA) is 50.4 Å². The van der Waals surface area contributed by atoms with E-state index in [4.69, 9.17) is 4.74 Å². The van der Waals surface area contributed by atoms with Crippen LogP contribution in [0, 0.1) is 0 Å². The number of benzene rings is 4. The van der Waals surface area contributed by atoms with Crippen LogP contribution in [0.25, 0.3) is 11.1 Å². The molecule has 0 aromatic heterocycles. The fourth-order valence-corrected chi connectivity index (χ4v) is 3.84. The van der Waals surface area contributed by atoms with E-state index in [-0.39, 0.29) is 5.97 Å². The maximum absolute atomic E-state index is 12.0. The average molecular weight is 437 g/mol. The van der Waals surface area contributed by atoms with Gasteiger partial charge in [0.25, 0.3) is 0 Å². The molecule has 0 fully saturated rings. The molecule has 0 heterocycles. The van der Waals surface area contributed by atoms with Crippen molar-refractivity contribution in [2.45, 2.75) is 19.8 Å². The molecular formula is C29H28N2O2. The Kier molecular flexibility index (Phi) is 6.75. The summed E-state index contributed by atoms with van der Waals surface area (Å²) < 4.78 is 4.87. The van der Waals surface area contributed by atoms with Crippen molar-refractivity contribution in [3.63, 3.8) is 0 Å². The van der Waals surface area contributed by atoms with Crippen molar-refractivity contribution in [2.75, 3.05) is 17.7 Å². The lowest BCUT2D eigenvalue weighted by molar-refractivity contribution is 0.0602. The number of para-hydroxylation sites is 1. The predicted molar refractivity (Wildman–Crippen MR) is 137 cm³/mol. The summed E-state index contributed by atoms with van der Waals surface area (Å²) in [6.07, 6.45) is 0. The first-order chi connectivity index (χ1) is 16.0. The Labute approximate surface area is 195 Å². The van der Waals surface area contributed by atoms with E-state index in [1.165, 1.54) is 23.8 Å². The molecule has 0 atom stereocenters. The second-order valence-electron chi connectivity index (χ2n) is 8.18. The molecule has 4 aromatic carbocycles. The quantitative estimate of drug-likeness (QED) is 0.291. The van der Waals surface area contributed by atoms with Gasteiger partial charge >= 0.3 is 5.97 Å².